The smallest absolute Gasteiger partial charge is 0.341 e. The van der Waals surface area contributed by atoms with Gasteiger partial charge in [0.25, 0.3) is 5.56 Å². The number of esters is 1. The van der Waals surface area contributed by atoms with E-state index in [1.807, 2.05) is 19.1 Å². The van der Waals surface area contributed by atoms with Crippen LogP contribution in [0.4, 0.5) is 5.00 Å². The summed E-state index contributed by atoms with van der Waals surface area (Å²) in [5.41, 5.74) is 3.27. The second-order valence-electron chi connectivity index (χ2n) is 7.36. The van der Waals surface area contributed by atoms with Crippen molar-refractivity contribution in [3.8, 4) is 11.4 Å². The Kier molecular flexibility index (Phi) is 6.08. The summed E-state index contributed by atoms with van der Waals surface area (Å²) in [6.07, 6.45) is 5.54. The van der Waals surface area contributed by atoms with Crippen LogP contribution in [0.15, 0.2) is 34.1 Å². The molecule has 8 heteroatoms. The molecule has 0 aliphatic heterocycles. The fourth-order valence-electron chi connectivity index (χ4n) is 3.80. The number of hydrogen-bond acceptors (Lipinski definition) is 6. The van der Waals surface area contributed by atoms with Crippen LogP contribution in [0.1, 0.15) is 51.8 Å². The number of methoxy groups -OCH3 is 1. The number of aromatic nitrogens is 2. The third-order valence-electron chi connectivity index (χ3n) is 5.39. The molecule has 1 aromatic carbocycles. The summed E-state index contributed by atoms with van der Waals surface area (Å²) in [6, 6.07) is 7.22. The number of fused-ring (bicyclic) bond motifs is 1. The third kappa shape index (κ3) is 4.07. The van der Waals surface area contributed by atoms with Gasteiger partial charge in [-0.3, -0.25) is 9.89 Å². The molecule has 7 nitrogen and oxygen atoms in total. The molecule has 2 aromatic heterocycles. The number of nitrogens with zero attached hydrogens (tertiary/aromatic N) is 2. The Morgan fingerprint density at radius 2 is 2.00 bits per heavy atom. The molecule has 0 saturated heterocycles. The van der Waals surface area contributed by atoms with E-state index in [-0.39, 0.29) is 11.5 Å². The van der Waals surface area contributed by atoms with Gasteiger partial charge < -0.3 is 9.47 Å². The molecule has 2 heterocycles. The Balaban J connectivity index is 1.71. The zero-order chi connectivity index (χ0) is 22.0. The Hall–Kier alpha value is -3.13. The molecule has 162 valence electrons. The number of aromatic amines is 1. The molecule has 0 bridgehead atoms. The number of aryl methyl sites for hydroxylation is 2. The van der Waals surface area contributed by atoms with Gasteiger partial charge in [-0.2, -0.15) is 0 Å². The van der Waals surface area contributed by atoms with Gasteiger partial charge in [-0.15, -0.1) is 11.3 Å². The minimum Gasteiger partial charge on any atom is -0.497 e. The highest BCUT2D eigenvalue weighted by Gasteiger charge is 2.26. The number of H-pyrrole nitrogens is 1. The summed E-state index contributed by atoms with van der Waals surface area (Å²) in [7, 11) is 1.60. The van der Waals surface area contributed by atoms with E-state index < -0.39 is 0 Å². The number of rotatable bonds is 6. The van der Waals surface area contributed by atoms with Crippen molar-refractivity contribution in [1.29, 1.82) is 0 Å². The first kappa shape index (κ1) is 21.1. The lowest BCUT2D eigenvalue weighted by Gasteiger charge is -2.11. The molecule has 31 heavy (non-hydrogen) atoms. The summed E-state index contributed by atoms with van der Waals surface area (Å²) >= 11 is 1.52. The number of carbonyl (C=O) groups excluding carboxylic acids is 1. The largest absolute Gasteiger partial charge is 0.497 e. The van der Waals surface area contributed by atoms with Gasteiger partial charge in [0.05, 0.1) is 30.5 Å². The molecule has 4 rings (SSSR count). The van der Waals surface area contributed by atoms with Crippen LogP contribution in [0.2, 0.25) is 0 Å². The van der Waals surface area contributed by atoms with Gasteiger partial charge in [-0.05, 0) is 69.4 Å². The first-order valence-corrected chi connectivity index (χ1v) is 11.2. The van der Waals surface area contributed by atoms with Gasteiger partial charge in [0.1, 0.15) is 10.8 Å². The second kappa shape index (κ2) is 8.93. The predicted octanol–water partition coefficient (Wildman–Crippen LogP) is 4.35. The van der Waals surface area contributed by atoms with Crippen LogP contribution in [0.5, 0.6) is 5.75 Å². The fraction of sp³-hybridized carbons (Fsp3) is 0.348. The molecule has 0 spiro atoms. The summed E-state index contributed by atoms with van der Waals surface area (Å²) in [4.78, 5) is 31.4. The van der Waals surface area contributed by atoms with Crippen LogP contribution in [-0.4, -0.2) is 35.7 Å². The molecule has 0 unspecified atom stereocenters. The number of aliphatic imine (C=N–C) groups is 1. The Labute approximate surface area is 184 Å². The highest BCUT2D eigenvalue weighted by Crippen LogP contribution is 2.40. The minimum absolute atomic E-state index is 0.203. The first-order valence-electron chi connectivity index (χ1n) is 10.3. The van der Waals surface area contributed by atoms with Gasteiger partial charge in [-0.1, -0.05) is 0 Å². The fourth-order valence-corrected chi connectivity index (χ4v) is 5.03. The maximum atomic E-state index is 13.0. The highest BCUT2D eigenvalue weighted by molar-refractivity contribution is 7.16. The second-order valence-corrected chi connectivity index (χ2v) is 8.44. The first-order chi connectivity index (χ1) is 15.0. The number of ether oxygens (including phenoxy) is 2. The van der Waals surface area contributed by atoms with E-state index >= 15 is 0 Å². The van der Waals surface area contributed by atoms with Crippen molar-refractivity contribution in [2.24, 2.45) is 4.99 Å². The average molecular weight is 440 g/mol. The van der Waals surface area contributed by atoms with Crippen LogP contribution in [-0.2, 0) is 17.6 Å². The lowest BCUT2D eigenvalue weighted by molar-refractivity contribution is 0.0526. The van der Waals surface area contributed by atoms with E-state index in [0.29, 0.717) is 34.1 Å². The van der Waals surface area contributed by atoms with Crippen molar-refractivity contribution in [2.75, 3.05) is 13.7 Å². The van der Waals surface area contributed by atoms with Crippen LogP contribution in [0.25, 0.3) is 5.69 Å². The van der Waals surface area contributed by atoms with Gasteiger partial charge >= 0.3 is 5.97 Å². The van der Waals surface area contributed by atoms with Gasteiger partial charge in [0.15, 0.2) is 0 Å². The molecule has 1 aliphatic rings. The standard InChI is InChI=1S/C23H25N3O4S/c1-4-30-23(28)20-17-7-5-6-8-19(17)31-21(20)24-13-18-14(2)25-26(22(18)27)15-9-11-16(29-3)12-10-15/h9-13,25H,4-8H2,1-3H3/b24-13+. The average Bonchev–Trinajstić information content (AvgIpc) is 3.29. The molecule has 0 amide bonds. The van der Waals surface area contributed by atoms with E-state index in [0.717, 1.165) is 37.0 Å². The van der Waals surface area contributed by atoms with E-state index in [1.54, 1.807) is 32.4 Å². The van der Waals surface area contributed by atoms with Crippen LogP contribution >= 0.6 is 11.3 Å². The van der Waals surface area contributed by atoms with Crippen molar-refractivity contribution in [3.05, 3.63) is 61.9 Å². The highest BCUT2D eigenvalue weighted by atomic mass is 32.1. The molecule has 0 radical (unpaired) electrons. The SMILES string of the molecule is CCOC(=O)c1c(/N=C/c2c(C)[nH]n(-c3ccc(OC)cc3)c2=O)sc2c1CCCC2. The molecule has 3 aromatic rings. The number of thiophene rings is 1. The molecule has 1 aliphatic carbocycles. The molecular weight excluding hydrogens is 414 g/mol. The minimum atomic E-state index is -0.338. The lowest BCUT2D eigenvalue weighted by Crippen LogP contribution is -2.17. The quantitative estimate of drug-likeness (QED) is 0.457. The Morgan fingerprint density at radius 1 is 1.26 bits per heavy atom. The molecule has 0 atom stereocenters. The maximum Gasteiger partial charge on any atom is 0.341 e. The zero-order valence-corrected chi connectivity index (χ0v) is 18.7. The van der Waals surface area contributed by atoms with Gasteiger partial charge in [-0.25, -0.2) is 14.5 Å². The summed E-state index contributed by atoms with van der Waals surface area (Å²) in [5.74, 6) is 0.380. The summed E-state index contributed by atoms with van der Waals surface area (Å²) in [6.45, 7) is 3.94. The van der Waals surface area contributed by atoms with Crippen molar-refractivity contribution < 1.29 is 14.3 Å². The molecule has 0 fully saturated rings. The molecule has 1 N–H and O–H groups in total. The van der Waals surface area contributed by atoms with E-state index in [1.165, 1.54) is 20.9 Å². The Morgan fingerprint density at radius 3 is 2.71 bits per heavy atom. The van der Waals surface area contributed by atoms with E-state index in [2.05, 4.69) is 10.1 Å². The van der Waals surface area contributed by atoms with Crippen LogP contribution in [0, 0.1) is 6.92 Å². The molecule has 0 saturated carbocycles. The van der Waals surface area contributed by atoms with Crippen molar-refractivity contribution in [1.82, 2.24) is 9.78 Å². The zero-order valence-electron chi connectivity index (χ0n) is 17.9. The van der Waals surface area contributed by atoms with Crippen molar-refractivity contribution in [3.63, 3.8) is 0 Å². The van der Waals surface area contributed by atoms with Crippen LogP contribution in [0.3, 0.4) is 0 Å². The number of benzene rings is 1. The van der Waals surface area contributed by atoms with Crippen molar-refractivity contribution in [2.45, 2.75) is 39.5 Å². The normalized spacial score (nSPS) is 13.4. The summed E-state index contributed by atoms with van der Waals surface area (Å²) in [5, 5.41) is 3.71. The third-order valence-corrected chi connectivity index (χ3v) is 6.59. The van der Waals surface area contributed by atoms with Gasteiger partial charge in [0, 0.05) is 16.8 Å². The van der Waals surface area contributed by atoms with E-state index in [4.69, 9.17) is 9.47 Å². The van der Waals surface area contributed by atoms with Crippen molar-refractivity contribution >= 4 is 28.5 Å². The van der Waals surface area contributed by atoms with Crippen LogP contribution < -0.4 is 10.3 Å². The topological polar surface area (TPSA) is 85.7 Å². The molecular formula is C23H25N3O4S. The number of nitrogens with one attached hydrogen (secondary N) is 1. The monoisotopic (exact) mass is 439 g/mol. The number of carbonyl (C=O) groups is 1. The lowest BCUT2D eigenvalue weighted by atomic mass is 9.95. The Bertz CT molecular complexity index is 1180. The number of hydrogen-bond donors (Lipinski definition) is 1. The maximum absolute atomic E-state index is 13.0. The van der Waals surface area contributed by atoms with E-state index in [9.17, 15) is 9.59 Å². The predicted molar refractivity (Wildman–Crippen MR) is 122 cm³/mol. The van der Waals surface area contributed by atoms with Gasteiger partial charge in [0.2, 0.25) is 0 Å². The summed E-state index contributed by atoms with van der Waals surface area (Å²) < 4.78 is 11.9.